The zero-order valence-corrected chi connectivity index (χ0v) is 14.4. The van der Waals surface area contributed by atoms with Crippen LogP contribution < -0.4 is 5.32 Å². The summed E-state index contributed by atoms with van der Waals surface area (Å²) in [7, 11) is 0. The van der Waals surface area contributed by atoms with Crippen molar-refractivity contribution in [2.24, 2.45) is 0 Å². The molecule has 2 aromatic rings. The highest BCUT2D eigenvalue weighted by Crippen LogP contribution is 2.19. The molecule has 0 spiro atoms. The van der Waals surface area contributed by atoms with Gasteiger partial charge in [-0.1, -0.05) is 55.8 Å². The van der Waals surface area contributed by atoms with Gasteiger partial charge < -0.3 is 10.1 Å². The molecule has 0 saturated heterocycles. The standard InChI is InChI=1S/C19H20N2O5/c1-2-8-16(14-9-4-3-5-10-14)20-18(22)13-26-19(23)15-11-6-7-12-17(15)21(24)25/h3-7,9-12,16H,2,8,13H2,1H3,(H,20,22)/t16-/m1/s1. The molecule has 7 nitrogen and oxygen atoms in total. The summed E-state index contributed by atoms with van der Waals surface area (Å²) in [5, 5.41) is 13.8. The number of hydrogen-bond acceptors (Lipinski definition) is 5. The number of esters is 1. The number of nitro benzene ring substituents is 1. The second-order valence-corrected chi connectivity index (χ2v) is 5.67. The Morgan fingerprint density at radius 1 is 1.12 bits per heavy atom. The van der Waals surface area contributed by atoms with Gasteiger partial charge >= 0.3 is 5.97 Å². The molecule has 0 aromatic heterocycles. The first-order chi connectivity index (χ1) is 12.5. The Labute approximate surface area is 151 Å². The Hall–Kier alpha value is -3.22. The van der Waals surface area contributed by atoms with Crippen LogP contribution in [0.4, 0.5) is 5.69 Å². The minimum Gasteiger partial charge on any atom is -0.452 e. The molecular formula is C19H20N2O5. The fraction of sp³-hybridized carbons (Fsp3) is 0.263. The van der Waals surface area contributed by atoms with Crippen LogP contribution in [0.3, 0.4) is 0 Å². The van der Waals surface area contributed by atoms with Crippen molar-refractivity contribution in [3.05, 3.63) is 75.8 Å². The molecule has 0 aliphatic heterocycles. The average Bonchev–Trinajstić information content (AvgIpc) is 2.66. The van der Waals surface area contributed by atoms with Crippen LogP contribution in [0.1, 0.15) is 41.7 Å². The van der Waals surface area contributed by atoms with E-state index in [0.717, 1.165) is 18.4 Å². The van der Waals surface area contributed by atoms with Crippen LogP contribution in [0.25, 0.3) is 0 Å². The molecule has 0 fully saturated rings. The fourth-order valence-corrected chi connectivity index (χ4v) is 2.55. The van der Waals surface area contributed by atoms with Crippen molar-refractivity contribution in [3.63, 3.8) is 0 Å². The van der Waals surface area contributed by atoms with Gasteiger partial charge in [-0.25, -0.2) is 4.79 Å². The van der Waals surface area contributed by atoms with E-state index in [-0.39, 0.29) is 17.3 Å². The largest absolute Gasteiger partial charge is 0.452 e. The van der Waals surface area contributed by atoms with Crippen molar-refractivity contribution in [3.8, 4) is 0 Å². The lowest BCUT2D eigenvalue weighted by Crippen LogP contribution is -2.32. The highest BCUT2D eigenvalue weighted by molar-refractivity contribution is 5.95. The summed E-state index contributed by atoms with van der Waals surface area (Å²) in [6.45, 7) is 1.51. The molecule has 1 amide bonds. The summed E-state index contributed by atoms with van der Waals surface area (Å²) in [6.07, 6.45) is 1.61. The summed E-state index contributed by atoms with van der Waals surface area (Å²) < 4.78 is 4.94. The molecule has 26 heavy (non-hydrogen) atoms. The molecule has 2 aromatic carbocycles. The number of nitro groups is 1. The summed E-state index contributed by atoms with van der Waals surface area (Å²) >= 11 is 0. The van der Waals surface area contributed by atoms with Crippen molar-refractivity contribution in [2.75, 3.05) is 6.61 Å². The quantitative estimate of drug-likeness (QED) is 0.444. The van der Waals surface area contributed by atoms with Crippen LogP contribution in [0, 0.1) is 10.1 Å². The van der Waals surface area contributed by atoms with E-state index in [1.165, 1.54) is 24.3 Å². The molecule has 0 heterocycles. The first kappa shape index (κ1) is 19.1. The third-order valence-electron chi connectivity index (χ3n) is 3.77. The molecule has 2 rings (SSSR count). The molecule has 0 unspecified atom stereocenters. The lowest BCUT2D eigenvalue weighted by Gasteiger charge is -2.18. The molecule has 0 saturated carbocycles. The molecule has 7 heteroatoms. The monoisotopic (exact) mass is 356 g/mol. The molecule has 1 atom stereocenters. The van der Waals surface area contributed by atoms with Crippen molar-refractivity contribution in [1.82, 2.24) is 5.32 Å². The number of hydrogen-bond donors (Lipinski definition) is 1. The third-order valence-corrected chi connectivity index (χ3v) is 3.77. The van der Waals surface area contributed by atoms with Crippen LogP contribution in [0.5, 0.6) is 0 Å². The van der Waals surface area contributed by atoms with Crippen LogP contribution in [-0.2, 0) is 9.53 Å². The van der Waals surface area contributed by atoms with Gasteiger partial charge in [0.1, 0.15) is 5.56 Å². The number of rotatable bonds is 8. The maximum atomic E-state index is 12.1. The van der Waals surface area contributed by atoms with Crippen LogP contribution in [0.15, 0.2) is 54.6 Å². The maximum absolute atomic E-state index is 12.1. The molecule has 0 bridgehead atoms. The summed E-state index contributed by atoms with van der Waals surface area (Å²) in [4.78, 5) is 34.5. The molecule has 0 aliphatic rings. The Balaban J connectivity index is 1.97. The summed E-state index contributed by atoms with van der Waals surface area (Å²) in [5.74, 6) is -1.36. The van der Waals surface area contributed by atoms with E-state index in [2.05, 4.69) is 5.32 Å². The Bertz CT molecular complexity index is 777. The number of benzene rings is 2. The van der Waals surface area contributed by atoms with Crippen molar-refractivity contribution < 1.29 is 19.2 Å². The molecular weight excluding hydrogens is 336 g/mol. The Morgan fingerprint density at radius 2 is 1.77 bits per heavy atom. The second kappa shape index (κ2) is 9.31. The van der Waals surface area contributed by atoms with E-state index in [0.29, 0.717) is 0 Å². The van der Waals surface area contributed by atoms with E-state index in [4.69, 9.17) is 4.74 Å². The van der Waals surface area contributed by atoms with E-state index in [1.54, 1.807) is 0 Å². The Morgan fingerprint density at radius 3 is 2.42 bits per heavy atom. The van der Waals surface area contributed by atoms with Crippen molar-refractivity contribution >= 4 is 17.6 Å². The van der Waals surface area contributed by atoms with E-state index in [1.807, 2.05) is 37.3 Å². The normalized spacial score (nSPS) is 11.4. The predicted molar refractivity (Wildman–Crippen MR) is 95.6 cm³/mol. The zero-order valence-electron chi connectivity index (χ0n) is 14.4. The van der Waals surface area contributed by atoms with Gasteiger partial charge in [0.2, 0.25) is 0 Å². The minimum absolute atomic E-state index is 0.182. The van der Waals surface area contributed by atoms with E-state index in [9.17, 15) is 19.7 Å². The third kappa shape index (κ3) is 5.14. The topological polar surface area (TPSA) is 98.5 Å². The number of nitrogens with zero attached hydrogens (tertiary/aromatic N) is 1. The van der Waals surface area contributed by atoms with Crippen molar-refractivity contribution in [1.29, 1.82) is 0 Å². The molecule has 0 radical (unpaired) electrons. The first-order valence-corrected chi connectivity index (χ1v) is 8.27. The van der Waals surface area contributed by atoms with Gasteiger partial charge in [0, 0.05) is 6.07 Å². The Kier molecular flexibility index (Phi) is 6.84. The number of ether oxygens (including phenoxy) is 1. The lowest BCUT2D eigenvalue weighted by atomic mass is 10.0. The van der Waals surface area contributed by atoms with Crippen molar-refractivity contribution in [2.45, 2.75) is 25.8 Å². The van der Waals surface area contributed by atoms with Crippen LogP contribution in [0.2, 0.25) is 0 Å². The van der Waals surface area contributed by atoms with Gasteiger partial charge in [-0.2, -0.15) is 0 Å². The second-order valence-electron chi connectivity index (χ2n) is 5.67. The smallest absolute Gasteiger partial charge is 0.345 e. The molecule has 1 N–H and O–H groups in total. The predicted octanol–water partition coefficient (Wildman–Crippen LogP) is 3.41. The number of para-hydroxylation sites is 1. The first-order valence-electron chi connectivity index (χ1n) is 8.27. The van der Waals surface area contributed by atoms with Crippen LogP contribution in [-0.4, -0.2) is 23.4 Å². The lowest BCUT2D eigenvalue weighted by molar-refractivity contribution is -0.385. The van der Waals surface area contributed by atoms with E-state index >= 15 is 0 Å². The number of nitrogens with one attached hydrogen (secondary N) is 1. The summed E-state index contributed by atoms with van der Waals surface area (Å²) in [6, 6.07) is 14.8. The van der Waals surface area contributed by atoms with Gasteiger partial charge in [0.05, 0.1) is 11.0 Å². The SMILES string of the molecule is CCC[C@@H](NC(=O)COC(=O)c1ccccc1[N+](=O)[O-])c1ccccc1. The summed E-state index contributed by atoms with van der Waals surface area (Å²) in [5.41, 5.74) is 0.428. The molecule has 0 aliphatic carbocycles. The zero-order chi connectivity index (χ0) is 18.9. The number of carbonyl (C=O) groups excluding carboxylic acids is 2. The van der Waals surface area contributed by atoms with Gasteiger partial charge in [-0.05, 0) is 18.1 Å². The minimum atomic E-state index is -0.904. The fourth-order valence-electron chi connectivity index (χ4n) is 2.55. The highest BCUT2D eigenvalue weighted by Gasteiger charge is 2.22. The number of carbonyl (C=O) groups is 2. The van der Waals surface area contributed by atoms with Gasteiger partial charge in [-0.15, -0.1) is 0 Å². The van der Waals surface area contributed by atoms with E-state index < -0.39 is 23.4 Å². The van der Waals surface area contributed by atoms with Gasteiger partial charge in [0.25, 0.3) is 11.6 Å². The average molecular weight is 356 g/mol. The number of amides is 1. The van der Waals surface area contributed by atoms with Crippen LogP contribution >= 0.6 is 0 Å². The highest BCUT2D eigenvalue weighted by atomic mass is 16.6. The van der Waals surface area contributed by atoms with Gasteiger partial charge in [0.15, 0.2) is 6.61 Å². The molecule has 136 valence electrons. The maximum Gasteiger partial charge on any atom is 0.345 e. The van der Waals surface area contributed by atoms with Gasteiger partial charge in [-0.3, -0.25) is 14.9 Å².